The van der Waals surface area contributed by atoms with Crippen molar-refractivity contribution in [3.8, 4) is 0 Å². The molecule has 0 spiro atoms. The Morgan fingerprint density at radius 2 is 1.91 bits per heavy atom. The molecule has 0 radical (unpaired) electrons. The highest BCUT2D eigenvalue weighted by Gasteiger charge is 2.12. The minimum absolute atomic E-state index is 0.186. The number of aromatic nitrogens is 1. The summed E-state index contributed by atoms with van der Waals surface area (Å²) in [6, 6.07) is 7.98. The van der Waals surface area contributed by atoms with E-state index in [0.29, 0.717) is 11.3 Å². The summed E-state index contributed by atoms with van der Waals surface area (Å²) in [5.74, 6) is -0.208. The molecule has 1 atom stereocenters. The van der Waals surface area contributed by atoms with Gasteiger partial charge in [-0.1, -0.05) is 12.1 Å². The van der Waals surface area contributed by atoms with Crippen LogP contribution in [0.5, 0.6) is 0 Å². The van der Waals surface area contributed by atoms with Crippen molar-refractivity contribution in [3.63, 3.8) is 0 Å². The van der Waals surface area contributed by atoms with Gasteiger partial charge >= 0.3 is 6.03 Å². The number of rotatable bonds is 4. The summed E-state index contributed by atoms with van der Waals surface area (Å²) in [5.41, 5.74) is 7.04. The molecule has 2 aromatic rings. The number of hydrogen-bond acceptors (Lipinski definition) is 3. The minimum atomic E-state index is -0.615. The molecule has 0 bridgehead atoms. The topological polar surface area (TPSA) is 97.1 Å². The van der Waals surface area contributed by atoms with Crippen molar-refractivity contribution in [1.29, 1.82) is 0 Å². The van der Waals surface area contributed by atoms with Crippen molar-refractivity contribution in [2.45, 2.75) is 13.0 Å². The summed E-state index contributed by atoms with van der Waals surface area (Å²) >= 11 is 3.28. The third-order valence-electron chi connectivity index (χ3n) is 2.99. The molecule has 1 aromatic carbocycles. The van der Waals surface area contributed by atoms with Crippen LogP contribution in [0.3, 0.4) is 0 Å². The minimum Gasteiger partial charge on any atom is -0.351 e. The fraction of sp³-hybridized carbons (Fsp3) is 0.133. The van der Waals surface area contributed by atoms with Crippen molar-refractivity contribution in [3.05, 3.63) is 58.3 Å². The predicted molar refractivity (Wildman–Crippen MR) is 87.5 cm³/mol. The highest BCUT2D eigenvalue weighted by atomic mass is 79.9. The molecule has 7 heteroatoms. The first-order valence-electron chi connectivity index (χ1n) is 6.53. The molecule has 0 aliphatic rings. The van der Waals surface area contributed by atoms with Gasteiger partial charge in [0.1, 0.15) is 0 Å². The average Bonchev–Trinajstić information content (AvgIpc) is 2.47. The zero-order chi connectivity index (χ0) is 16.1. The number of nitrogens with one attached hydrogen (secondary N) is 2. The lowest BCUT2D eigenvalue weighted by atomic mass is 10.1. The molecular weight excluding hydrogens is 348 g/mol. The van der Waals surface area contributed by atoms with Crippen LogP contribution < -0.4 is 16.4 Å². The number of primary amides is 1. The molecule has 1 aromatic heterocycles. The Balaban J connectivity index is 2.03. The second-order valence-corrected chi connectivity index (χ2v) is 5.61. The number of nitrogens with zero attached hydrogens (tertiary/aromatic N) is 1. The maximum atomic E-state index is 12.1. The van der Waals surface area contributed by atoms with Crippen LogP contribution in [-0.2, 0) is 0 Å². The molecule has 0 aliphatic carbocycles. The van der Waals surface area contributed by atoms with Gasteiger partial charge in [0, 0.05) is 22.6 Å². The quantitative estimate of drug-likeness (QED) is 0.779. The Hall–Kier alpha value is -2.41. The first-order chi connectivity index (χ1) is 10.5. The molecule has 0 aliphatic heterocycles. The molecule has 2 rings (SSSR count). The van der Waals surface area contributed by atoms with Crippen molar-refractivity contribution in [2.75, 3.05) is 5.32 Å². The van der Waals surface area contributed by atoms with Crippen LogP contribution in [0.2, 0.25) is 0 Å². The van der Waals surface area contributed by atoms with Gasteiger partial charge in [-0.05, 0) is 46.6 Å². The zero-order valence-corrected chi connectivity index (χ0v) is 13.4. The van der Waals surface area contributed by atoms with Crippen LogP contribution >= 0.6 is 15.9 Å². The van der Waals surface area contributed by atoms with Crippen molar-refractivity contribution < 1.29 is 9.59 Å². The number of nitrogens with two attached hydrogens (primary N) is 1. The van der Waals surface area contributed by atoms with Crippen LogP contribution in [0.4, 0.5) is 10.5 Å². The monoisotopic (exact) mass is 362 g/mol. The van der Waals surface area contributed by atoms with E-state index >= 15 is 0 Å². The van der Waals surface area contributed by atoms with Crippen LogP contribution in [0.1, 0.15) is 28.9 Å². The third kappa shape index (κ3) is 4.29. The van der Waals surface area contributed by atoms with E-state index in [4.69, 9.17) is 5.73 Å². The fourth-order valence-electron chi connectivity index (χ4n) is 1.90. The van der Waals surface area contributed by atoms with E-state index in [1.165, 1.54) is 6.20 Å². The number of carbonyl (C=O) groups excluding carboxylic acids is 2. The molecule has 22 heavy (non-hydrogen) atoms. The van der Waals surface area contributed by atoms with Crippen LogP contribution in [0, 0.1) is 0 Å². The number of anilines is 1. The van der Waals surface area contributed by atoms with E-state index in [1.807, 2.05) is 19.1 Å². The van der Waals surface area contributed by atoms with Gasteiger partial charge in [0.25, 0.3) is 5.91 Å². The number of halogens is 1. The number of benzene rings is 1. The van der Waals surface area contributed by atoms with E-state index in [9.17, 15) is 9.59 Å². The van der Waals surface area contributed by atoms with Gasteiger partial charge in [-0.25, -0.2) is 4.79 Å². The standard InChI is InChI=1S/C15H15BrN4O2/c1-9(10-2-4-13(5-3-10)20-15(17)22)19-14(21)11-6-12(16)8-18-7-11/h2-9H,1H3,(H,19,21)(H3,17,20,22). The van der Waals surface area contributed by atoms with Crippen molar-refractivity contribution in [2.24, 2.45) is 5.73 Å². The molecule has 6 nitrogen and oxygen atoms in total. The van der Waals surface area contributed by atoms with Crippen LogP contribution in [0.25, 0.3) is 0 Å². The summed E-state index contributed by atoms with van der Waals surface area (Å²) < 4.78 is 0.745. The number of pyridine rings is 1. The molecular formula is C15H15BrN4O2. The summed E-state index contributed by atoms with van der Waals surface area (Å²) in [6.45, 7) is 1.87. The SMILES string of the molecule is CC(NC(=O)c1cncc(Br)c1)c1ccc(NC(N)=O)cc1. The lowest BCUT2D eigenvalue weighted by Crippen LogP contribution is -2.26. The number of amides is 3. The highest BCUT2D eigenvalue weighted by Crippen LogP contribution is 2.17. The van der Waals surface area contributed by atoms with Gasteiger partial charge < -0.3 is 16.4 Å². The van der Waals surface area contributed by atoms with Crippen LogP contribution in [0.15, 0.2) is 47.2 Å². The molecule has 3 amide bonds. The molecule has 0 saturated heterocycles. The molecule has 0 saturated carbocycles. The normalized spacial score (nSPS) is 11.5. The number of carbonyl (C=O) groups is 2. The summed E-state index contributed by atoms with van der Waals surface area (Å²) in [4.78, 5) is 26.9. The van der Waals surface area contributed by atoms with Gasteiger partial charge in [-0.3, -0.25) is 9.78 Å². The van der Waals surface area contributed by atoms with E-state index in [-0.39, 0.29) is 11.9 Å². The van der Waals surface area contributed by atoms with Gasteiger partial charge in [0.15, 0.2) is 0 Å². The van der Waals surface area contributed by atoms with Crippen molar-refractivity contribution >= 4 is 33.6 Å². The van der Waals surface area contributed by atoms with Crippen LogP contribution in [-0.4, -0.2) is 16.9 Å². The molecule has 114 valence electrons. The highest BCUT2D eigenvalue weighted by molar-refractivity contribution is 9.10. The lowest BCUT2D eigenvalue weighted by Gasteiger charge is -2.15. The second kappa shape index (κ2) is 7.04. The summed E-state index contributed by atoms with van der Waals surface area (Å²) in [6.07, 6.45) is 3.12. The molecule has 1 heterocycles. The summed E-state index contributed by atoms with van der Waals surface area (Å²) in [5, 5.41) is 5.37. The predicted octanol–water partition coefficient (Wildman–Crippen LogP) is 2.83. The first kappa shape index (κ1) is 16.0. The van der Waals surface area contributed by atoms with E-state index < -0.39 is 6.03 Å². The number of hydrogen-bond donors (Lipinski definition) is 3. The Kier molecular flexibility index (Phi) is 5.11. The molecule has 1 unspecified atom stereocenters. The van der Waals surface area contributed by atoms with Crippen molar-refractivity contribution in [1.82, 2.24) is 10.3 Å². The lowest BCUT2D eigenvalue weighted by molar-refractivity contribution is 0.0939. The van der Waals surface area contributed by atoms with E-state index in [0.717, 1.165) is 10.0 Å². The first-order valence-corrected chi connectivity index (χ1v) is 7.33. The second-order valence-electron chi connectivity index (χ2n) is 4.70. The van der Waals surface area contributed by atoms with Gasteiger partial charge in [0.2, 0.25) is 0 Å². The van der Waals surface area contributed by atoms with E-state index in [1.54, 1.807) is 24.4 Å². The molecule has 4 N–H and O–H groups in total. The maximum absolute atomic E-state index is 12.1. The average molecular weight is 363 g/mol. The Morgan fingerprint density at radius 3 is 2.50 bits per heavy atom. The number of urea groups is 1. The summed E-state index contributed by atoms with van der Waals surface area (Å²) in [7, 11) is 0. The Labute approximate surface area is 136 Å². The fourth-order valence-corrected chi connectivity index (χ4v) is 2.26. The smallest absolute Gasteiger partial charge is 0.316 e. The van der Waals surface area contributed by atoms with Gasteiger partial charge in [0.05, 0.1) is 11.6 Å². The Morgan fingerprint density at radius 1 is 1.23 bits per heavy atom. The molecule has 0 fully saturated rings. The third-order valence-corrected chi connectivity index (χ3v) is 3.43. The maximum Gasteiger partial charge on any atom is 0.316 e. The van der Waals surface area contributed by atoms with Gasteiger partial charge in [-0.2, -0.15) is 0 Å². The zero-order valence-electron chi connectivity index (χ0n) is 11.8. The van der Waals surface area contributed by atoms with Gasteiger partial charge in [-0.15, -0.1) is 0 Å². The Bertz CT molecular complexity index is 688. The largest absolute Gasteiger partial charge is 0.351 e. The van der Waals surface area contributed by atoms with E-state index in [2.05, 4.69) is 31.5 Å².